The van der Waals surface area contributed by atoms with Crippen LogP contribution in [-0.2, 0) is 16.4 Å². The first-order chi connectivity index (χ1) is 8.45. The summed E-state index contributed by atoms with van der Waals surface area (Å²) in [7, 11) is -3.95. The molecule has 0 saturated carbocycles. The van der Waals surface area contributed by atoms with Gasteiger partial charge in [-0.25, -0.2) is 13.6 Å². The van der Waals surface area contributed by atoms with Crippen molar-refractivity contribution in [1.82, 2.24) is 0 Å². The van der Waals surface area contributed by atoms with Crippen LogP contribution in [0.2, 0.25) is 0 Å². The molecule has 0 aliphatic heterocycles. The van der Waals surface area contributed by atoms with Gasteiger partial charge in [0, 0.05) is 5.39 Å². The summed E-state index contributed by atoms with van der Waals surface area (Å²) in [5, 5.41) is 16.5. The van der Waals surface area contributed by atoms with E-state index in [1.54, 1.807) is 12.1 Å². The van der Waals surface area contributed by atoms with Gasteiger partial charge in [0.15, 0.2) is 0 Å². The van der Waals surface area contributed by atoms with Crippen LogP contribution in [0.4, 0.5) is 0 Å². The number of fused-ring (bicyclic) bond motifs is 1. The average molecular weight is 265 g/mol. The zero-order chi connectivity index (χ0) is 13.3. The van der Waals surface area contributed by atoms with Gasteiger partial charge in [0.05, 0.1) is 0 Å². The van der Waals surface area contributed by atoms with Crippen LogP contribution < -0.4 is 5.14 Å². The molecule has 0 amide bonds. The smallest absolute Gasteiger partial charge is 0.242 e. The average Bonchev–Trinajstić information content (AvgIpc) is 2.28. The highest BCUT2D eigenvalue weighted by atomic mass is 32.2. The van der Waals surface area contributed by atoms with E-state index in [0.717, 1.165) is 11.8 Å². The van der Waals surface area contributed by atoms with Crippen molar-refractivity contribution in [1.29, 1.82) is 0 Å². The summed E-state index contributed by atoms with van der Waals surface area (Å²) in [4.78, 5) is -0.177. The molecule has 0 radical (unpaired) electrons. The number of phenols is 1. The number of rotatable bonds is 3. The van der Waals surface area contributed by atoms with Gasteiger partial charge in [-0.05, 0) is 23.4 Å². The maximum Gasteiger partial charge on any atom is 0.242 e. The minimum Gasteiger partial charge on any atom is -0.506 e. The number of nitrogens with two attached hydrogens (primary N) is 1. The zero-order valence-corrected chi connectivity index (χ0v) is 10.9. The highest BCUT2D eigenvalue weighted by Gasteiger charge is 2.20. The predicted molar refractivity (Wildman–Crippen MR) is 71.0 cm³/mol. The van der Waals surface area contributed by atoms with Gasteiger partial charge in [0.1, 0.15) is 10.6 Å². The van der Waals surface area contributed by atoms with Gasteiger partial charge >= 0.3 is 0 Å². The third-order valence-electron chi connectivity index (χ3n) is 2.86. The van der Waals surface area contributed by atoms with E-state index in [-0.39, 0.29) is 10.6 Å². The van der Waals surface area contributed by atoms with Gasteiger partial charge in [-0.1, -0.05) is 37.6 Å². The summed E-state index contributed by atoms with van der Waals surface area (Å²) < 4.78 is 23.3. The van der Waals surface area contributed by atoms with E-state index in [1.807, 2.05) is 25.1 Å². The standard InChI is InChI=1S/C13H15NO3S/c1-2-5-10-8-9-6-3-4-7-11(9)13(12(10)15)18(14,16)17/h3-4,6-8,15H,2,5H2,1H3,(H2,14,16,17). The van der Waals surface area contributed by atoms with E-state index in [9.17, 15) is 13.5 Å². The number of phenolic OH excluding ortho intramolecular Hbond substituents is 1. The number of sulfonamides is 1. The summed E-state index contributed by atoms with van der Waals surface area (Å²) in [6, 6.07) is 8.80. The number of aromatic hydroxyl groups is 1. The van der Waals surface area contributed by atoms with Crippen LogP contribution in [0.5, 0.6) is 5.75 Å². The maximum atomic E-state index is 11.6. The van der Waals surface area contributed by atoms with Crippen molar-refractivity contribution in [3.8, 4) is 5.75 Å². The molecule has 0 atom stereocenters. The fourth-order valence-corrected chi connectivity index (χ4v) is 3.00. The molecular formula is C13H15NO3S. The monoisotopic (exact) mass is 265 g/mol. The van der Waals surface area contributed by atoms with Crippen LogP contribution in [0, 0.1) is 0 Å². The van der Waals surface area contributed by atoms with Crippen LogP contribution in [0.1, 0.15) is 18.9 Å². The highest BCUT2D eigenvalue weighted by Crippen LogP contribution is 2.34. The minimum absolute atomic E-state index is 0.177. The van der Waals surface area contributed by atoms with Crippen molar-refractivity contribution in [3.05, 3.63) is 35.9 Å². The summed E-state index contributed by atoms with van der Waals surface area (Å²) in [5.74, 6) is -0.224. The number of hydrogen-bond donors (Lipinski definition) is 2. The maximum absolute atomic E-state index is 11.6. The van der Waals surface area contributed by atoms with Crippen molar-refractivity contribution >= 4 is 20.8 Å². The molecule has 18 heavy (non-hydrogen) atoms. The molecule has 2 rings (SSSR count). The van der Waals surface area contributed by atoms with Gasteiger partial charge in [-0.3, -0.25) is 0 Å². The Balaban J connectivity index is 2.91. The molecule has 0 heterocycles. The number of aryl methyl sites for hydroxylation is 1. The van der Waals surface area contributed by atoms with E-state index in [2.05, 4.69) is 0 Å². The van der Waals surface area contributed by atoms with E-state index >= 15 is 0 Å². The summed E-state index contributed by atoms with van der Waals surface area (Å²) >= 11 is 0. The van der Waals surface area contributed by atoms with Gasteiger partial charge in [-0.15, -0.1) is 0 Å². The fraction of sp³-hybridized carbons (Fsp3) is 0.231. The lowest BCUT2D eigenvalue weighted by molar-refractivity contribution is 0.453. The van der Waals surface area contributed by atoms with Crippen molar-refractivity contribution in [3.63, 3.8) is 0 Å². The molecule has 2 aromatic rings. The number of benzene rings is 2. The third kappa shape index (κ3) is 2.19. The molecule has 0 spiro atoms. The van der Waals surface area contributed by atoms with E-state index in [0.29, 0.717) is 17.4 Å². The summed E-state index contributed by atoms with van der Waals surface area (Å²) in [6.45, 7) is 1.96. The number of primary sulfonamides is 1. The molecule has 0 saturated heterocycles. The normalized spacial score (nSPS) is 11.9. The lowest BCUT2D eigenvalue weighted by Crippen LogP contribution is -2.13. The lowest BCUT2D eigenvalue weighted by atomic mass is 10.0. The van der Waals surface area contributed by atoms with Crippen LogP contribution >= 0.6 is 0 Å². The van der Waals surface area contributed by atoms with E-state index in [1.165, 1.54) is 0 Å². The van der Waals surface area contributed by atoms with Gasteiger partial charge in [0.2, 0.25) is 10.0 Å². The molecule has 3 N–H and O–H groups in total. The molecule has 96 valence electrons. The predicted octanol–water partition coefficient (Wildman–Crippen LogP) is 2.15. The first kappa shape index (κ1) is 12.9. The van der Waals surface area contributed by atoms with Gasteiger partial charge in [0.25, 0.3) is 0 Å². The lowest BCUT2D eigenvalue weighted by Gasteiger charge is -2.11. The van der Waals surface area contributed by atoms with E-state index < -0.39 is 10.0 Å². The van der Waals surface area contributed by atoms with Crippen molar-refractivity contribution < 1.29 is 13.5 Å². The largest absolute Gasteiger partial charge is 0.506 e. The van der Waals surface area contributed by atoms with Crippen LogP contribution in [0.25, 0.3) is 10.8 Å². The van der Waals surface area contributed by atoms with Crippen molar-refractivity contribution in [2.75, 3.05) is 0 Å². The second-order valence-corrected chi connectivity index (χ2v) is 5.73. The topological polar surface area (TPSA) is 80.4 Å². The van der Waals surface area contributed by atoms with Crippen molar-refractivity contribution in [2.45, 2.75) is 24.7 Å². The Labute approximate surface area is 106 Å². The Morgan fingerprint density at radius 2 is 1.94 bits per heavy atom. The molecule has 2 aromatic carbocycles. The Morgan fingerprint density at radius 1 is 1.28 bits per heavy atom. The van der Waals surface area contributed by atoms with Crippen LogP contribution in [0.15, 0.2) is 35.2 Å². The van der Waals surface area contributed by atoms with Crippen molar-refractivity contribution in [2.24, 2.45) is 5.14 Å². The van der Waals surface area contributed by atoms with E-state index in [4.69, 9.17) is 5.14 Å². The molecule has 0 fully saturated rings. The van der Waals surface area contributed by atoms with Gasteiger partial charge < -0.3 is 5.11 Å². The first-order valence-electron chi connectivity index (χ1n) is 5.71. The molecule has 4 nitrogen and oxygen atoms in total. The number of hydrogen-bond acceptors (Lipinski definition) is 3. The zero-order valence-electron chi connectivity index (χ0n) is 10.1. The first-order valence-corrected chi connectivity index (χ1v) is 7.26. The molecule has 0 aliphatic rings. The summed E-state index contributed by atoms with van der Waals surface area (Å²) in [5.41, 5.74) is 0.611. The Hall–Kier alpha value is -1.59. The SMILES string of the molecule is CCCc1cc2ccccc2c(S(N)(=O)=O)c1O. The molecule has 0 aliphatic carbocycles. The second-order valence-electron chi connectivity index (χ2n) is 4.23. The minimum atomic E-state index is -3.95. The van der Waals surface area contributed by atoms with Gasteiger partial charge in [-0.2, -0.15) is 0 Å². The summed E-state index contributed by atoms with van der Waals surface area (Å²) in [6.07, 6.45) is 1.43. The Kier molecular flexibility index (Phi) is 3.28. The highest BCUT2D eigenvalue weighted by molar-refractivity contribution is 7.89. The van der Waals surface area contributed by atoms with Crippen LogP contribution in [0.3, 0.4) is 0 Å². The fourth-order valence-electron chi connectivity index (χ4n) is 2.11. The molecule has 0 bridgehead atoms. The third-order valence-corrected chi connectivity index (χ3v) is 3.84. The quantitative estimate of drug-likeness (QED) is 0.892. The Morgan fingerprint density at radius 3 is 2.56 bits per heavy atom. The molecular weight excluding hydrogens is 250 g/mol. The molecule has 0 aromatic heterocycles. The second kappa shape index (κ2) is 4.59. The molecule has 5 heteroatoms. The van der Waals surface area contributed by atoms with Crippen LogP contribution in [-0.4, -0.2) is 13.5 Å². The Bertz CT molecular complexity index is 693. The molecule has 0 unspecified atom stereocenters.